The first-order chi connectivity index (χ1) is 10.3. The molecule has 0 aromatic heterocycles. The average Bonchev–Trinajstić information content (AvgIpc) is 2.49. The fraction of sp³-hybridized carbons (Fsp3) is 0.526. The van der Waals surface area contributed by atoms with Crippen LogP contribution in [-0.4, -0.2) is 5.78 Å². The van der Waals surface area contributed by atoms with Crippen LogP contribution in [0.15, 0.2) is 30.0 Å². The molecule has 2 rings (SSSR count). The number of rotatable bonds is 4. The molecular formula is C19H26ClNO. The third-order valence-electron chi connectivity index (χ3n) is 5.16. The molecule has 120 valence electrons. The number of benzene rings is 1. The zero-order valence-corrected chi connectivity index (χ0v) is 14.8. The Morgan fingerprint density at radius 3 is 2.82 bits per heavy atom. The number of aryl methyl sites for hydroxylation is 1. The number of hydrogen-bond acceptors (Lipinski definition) is 2. The van der Waals surface area contributed by atoms with Gasteiger partial charge in [0.2, 0.25) is 0 Å². The van der Waals surface area contributed by atoms with Crippen LogP contribution in [0.2, 0.25) is 5.02 Å². The fourth-order valence-corrected chi connectivity index (χ4v) is 3.13. The summed E-state index contributed by atoms with van der Waals surface area (Å²) in [6, 6.07) is 5.75. The van der Waals surface area contributed by atoms with Gasteiger partial charge < -0.3 is 5.32 Å². The van der Waals surface area contributed by atoms with Crippen molar-refractivity contribution in [2.24, 2.45) is 11.3 Å². The Morgan fingerprint density at radius 1 is 1.41 bits per heavy atom. The van der Waals surface area contributed by atoms with Gasteiger partial charge in [-0.05, 0) is 48.8 Å². The van der Waals surface area contributed by atoms with Crippen molar-refractivity contribution in [1.29, 1.82) is 0 Å². The van der Waals surface area contributed by atoms with Crippen LogP contribution in [0.1, 0.15) is 52.0 Å². The molecule has 1 aliphatic rings. The highest BCUT2D eigenvalue weighted by Crippen LogP contribution is 2.41. The molecule has 1 aromatic rings. The summed E-state index contributed by atoms with van der Waals surface area (Å²) in [5.41, 5.74) is 3.28. The van der Waals surface area contributed by atoms with E-state index in [1.54, 1.807) is 0 Å². The lowest BCUT2D eigenvalue weighted by atomic mass is 9.68. The maximum atomic E-state index is 12.2. The minimum absolute atomic E-state index is 0.273. The minimum Gasteiger partial charge on any atom is -0.361 e. The van der Waals surface area contributed by atoms with Gasteiger partial charge in [0.05, 0.1) is 0 Å². The number of carbonyl (C=O) groups is 1. The molecule has 0 spiro atoms. The Balaban J connectivity index is 2.15. The predicted octanol–water partition coefficient (Wildman–Crippen LogP) is 5.75. The van der Waals surface area contributed by atoms with Crippen LogP contribution in [0.3, 0.4) is 0 Å². The Kier molecular flexibility index (Phi) is 5.33. The maximum Gasteiger partial charge on any atom is 0.160 e. The van der Waals surface area contributed by atoms with Crippen LogP contribution in [0.25, 0.3) is 0 Å². The zero-order valence-electron chi connectivity index (χ0n) is 14.0. The number of nitrogens with one attached hydrogen (secondary N) is 1. The topological polar surface area (TPSA) is 29.1 Å². The van der Waals surface area contributed by atoms with Crippen molar-refractivity contribution in [3.63, 3.8) is 0 Å². The number of hydrogen-bond donors (Lipinski definition) is 1. The highest BCUT2D eigenvalue weighted by Gasteiger charge is 2.33. The van der Waals surface area contributed by atoms with E-state index in [9.17, 15) is 4.79 Å². The lowest BCUT2D eigenvalue weighted by Crippen LogP contribution is -2.29. The summed E-state index contributed by atoms with van der Waals surface area (Å²) in [4.78, 5) is 12.2. The fourth-order valence-electron chi connectivity index (χ4n) is 2.96. The number of anilines is 1. The summed E-state index contributed by atoms with van der Waals surface area (Å²) in [7, 11) is 0. The quantitative estimate of drug-likeness (QED) is 0.716. The summed E-state index contributed by atoms with van der Waals surface area (Å²) in [6.45, 7) is 8.87. The zero-order chi connectivity index (χ0) is 16.3. The number of ketones is 1. The van der Waals surface area contributed by atoms with Gasteiger partial charge in [-0.2, -0.15) is 0 Å². The van der Waals surface area contributed by atoms with Crippen LogP contribution in [0, 0.1) is 18.3 Å². The van der Waals surface area contributed by atoms with Crippen molar-refractivity contribution in [3.8, 4) is 0 Å². The van der Waals surface area contributed by atoms with E-state index >= 15 is 0 Å². The second-order valence-corrected chi connectivity index (χ2v) is 7.41. The largest absolute Gasteiger partial charge is 0.361 e. The highest BCUT2D eigenvalue weighted by molar-refractivity contribution is 6.30. The minimum atomic E-state index is 0.273. The van der Waals surface area contributed by atoms with Crippen molar-refractivity contribution in [2.45, 2.75) is 53.4 Å². The van der Waals surface area contributed by atoms with Crippen LogP contribution in [0.5, 0.6) is 0 Å². The van der Waals surface area contributed by atoms with Crippen molar-refractivity contribution in [2.75, 3.05) is 5.32 Å². The van der Waals surface area contributed by atoms with E-state index in [0.717, 1.165) is 36.1 Å². The van der Waals surface area contributed by atoms with Crippen molar-refractivity contribution in [3.05, 3.63) is 40.6 Å². The number of carbonyl (C=O) groups excluding carboxylic acids is 1. The third-order valence-corrected chi connectivity index (χ3v) is 5.40. The normalized spacial score (nSPS) is 21.2. The summed E-state index contributed by atoms with van der Waals surface area (Å²) in [5.74, 6) is 0.846. The Morgan fingerprint density at radius 2 is 2.14 bits per heavy atom. The lowest BCUT2D eigenvalue weighted by molar-refractivity contribution is -0.117. The molecule has 1 N–H and O–H groups in total. The highest BCUT2D eigenvalue weighted by atomic mass is 35.5. The Labute approximate surface area is 138 Å². The van der Waals surface area contributed by atoms with Gasteiger partial charge in [-0.1, -0.05) is 44.9 Å². The number of halogens is 1. The predicted molar refractivity (Wildman–Crippen MR) is 94.3 cm³/mol. The smallest absolute Gasteiger partial charge is 0.160 e. The van der Waals surface area contributed by atoms with E-state index in [1.807, 2.05) is 31.3 Å². The molecule has 1 aliphatic carbocycles. The van der Waals surface area contributed by atoms with Gasteiger partial charge in [0, 0.05) is 28.9 Å². The molecule has 0 amide bonds. The molecule has 1 saturated carbocycles. The first-order valence-corrected chi connectivity index (χ1v) is 8.46. The SMILES string of the molecule is CCC(C)(C)[C@H]1CCC(=O)/C(=C/Nc2cc(Cl)ccc2C)C1. The van der Waals surface area contributed by atoms with Gasteiger partial charge in [-0.25, -0.2) is 0 Å². The maximum absolute atomic E-state index is 12.2. The van der Waals surface area contributed by atoms with E-state index in [0.29, 0.717) is 17.4 Å². The van der Waals surface area contributed by atoms with Crippen LogP contribution in [0.4, 0.5) is 5.69 Å². The van der Waals surface area contributed by atoms with Gasteiger partial charge in [0.25, 0.3) is 0 Å². The van der Waals surface area contributed by atoms with E-state index in [-0.39, 0.29) is 11.2 Å². The summed E-state index contributed by atoms with van der Waals surface area (Å²) in [6.07, 6.45) is 5.56. The monoisotopic (exact) mass is 319 g/mol. The van der Waals surface area contributed by atoms with Crippen LogP contribution < -0.4 is 5.32 Å². The molecule has 0 unspecified atom stereocenters. The standard InChI is InChI=1S/C19H26ClNO/c1-5-19(3,4)15-7-9-18(22)14(10-15)12-21-17-11-16(20)8-6-13(17)2/h6,8,11-12,15,21H,5,7,9-10H2,1-4H3/b14-12+/t15-/m0/s1. The van der Waals surface area contributed by atoms with E-state index in [1.165, 1.54) is 0 Å². The first-order valence-electron chi connectivity index (χ1n) is 8.08. The molecule has 0 heterocycles. The molecule has 0 saturated heterocycles. The second kappa shape index (κ2) is 6.87. The van der Waals surface area contributed by atoms with Crippen molar-refractivity contribution < 1.29 is 4.79 Å². The summed E-state index contributed by atoms with van der Waals surface area (Å²) < 4.78 is 0. The molecular weight excluding hydrogens is 294 g/mol. The molecule has 0 radical (unpaired) electrons. The molecule has 2 nitrogen and oxygen atoms in total. The molecule has 22 heavy (non-hydrogen) atoms. The van der Waals surface area contributed by atoms with Gasteiger partial charge in [-0.15, -0.1) is 0 Å². The van der Waals surface area contributed by atoms with E-state index in [4.69, 9.17) is 11.6 Å². The molecule has 1 aromatic carbocycles. The summed E-state index contributed by atoms with van der Waals surface area (Å²) in [5, 5.41) is 3.98. The van der Waals surface area contributed by atoms with E-state index < -0.39 is 0 Å². The molecule has 1 fully saturated rings. The summed E-state index contributed by atoms with van der Waals surface area (Å²) >= 11 is 6.04. The van der Waals surface area contributed by atoms with E-state index in [2.05, 4.69) is 26.1 Å². The van der Waals surface area contributed by atoms with Gasteiger partial charge in [-0.3, -0.25) is 4.79 Å². The van der Waals surface area contributed by atoms with Crippen LogP contribution in [-0.2, 0) is 4.79 Å². The van der Waals surface area contributed by atoms with Crippen molar-refractivity contribution in [1.82, 2.24) is 0 Å². The molecule has 1 atom stereocenters. The average molecular weight is 320 g/mol. The third kappa shape index (κ3) is 3.92. The molecule has 0 bridgehead atoms. The van der Waals surface area contributed by atoms with Gasteiger partial charge in [0.1, 0.15) is 0 Å². The molecule has 3 heteroatoms. The number of Topliss-reactive ketones (excluding diaryl/α,β-unsaturated/α-hetero) is 1. The Bertz CT molecular complexity index is 589. The molecule has 0 aliphatic heterocycles. The number of allylic oxidation sites excluding steroid dienone is 1. The Hall–Kier alpha value is -1.28. The van der Waals surface area contributed by atoms with Gasteiger partial charge in [0.15, 0.2) is 5.78 Å². The van der Waals surface area contributed by atoms with Crippen molar-refractivity contribution >= 4 is 23.1 Å². The lowest BCUT2D eigenvalue weighted by Gasteiger charge is -2.36. The van der Waals surface area contributed by atoms with Crippen LogP contribution >= 0.6 is 11.6 Å². The van der Waals surface area contributed by atoms with Gasteiger partial charge >= 0.3 is 0 Å². The first kappa shape index (κ1) is 17.1. The second-order valence-electron chi connectivity index (χ2n) is 6.98.